The van der Waals surface area contributed by atoms with Crippen LogP contribution in [-0.4, -0.2) is 31.8 Å². The normalized spacial score (nSPS) is 10.8. The quantitative estimate of drug-likeness (QED) is 0.154. The minimum absolute atomic E-state index is 0.221. The molecule has 0 aromatic heterocycles. The predicted molar refractivity (Wildman–Crippen MR) is 91.2 cm³/mol. The molecular formula is C19H23F5O5. The Balaban J connectivity index is 2.26. The number of benzene rings is 1. The number of carbonyl (C=O) groups excluding carboxylic acids is 2. The van der Waals surface area contributed by atoms with Crippen LogP contribution in [0.4, 0.5) is 22.0 Å². The van der Waals surface area contributed by atoms with Crippen molar-refractivity contribution in [3.8, 4) is 0 Å². The van der Waals surface area contributed by atoms with E-state index in [-0.39, 0.29) is 6.61 Å². The van der Waals surface area contributed by atoms with Crippen molar-refractivity contribution in [2.75, 3.05) is 19.8 Å². The molecule has 0 aliphatic carbocycles. The van der Waals surface area contributed by atoms with Gasteiger partial charge in [0.25, 0.3) is 0 Å². The zero-order valence-corrected chi connectivity index (χ0v) is 16.0. The Labute approximate surface area is 165 Å². The summed E-state index contributed by atoms with van der Waals surface area (Å²) in [5.74, 6) is -12.6. The third-order valence-electron chi connectivity index (χ3n) is 3.88. The summed E-state index contributed by atoms with van der Waals surface area (Å²) in [7, 11) is 0. The lowest BCUT2D eigenvalue weighted by Gasteiger charge is -2.09. The van der Waals surface area contributed by atoms with Crippen molar-refractivity contribution in [3.63, 3.8) is 0 Å². The molecule has 0 unspecified atom stereocenters. The van der Waals surface area contributed by atoms with Gasteiger partial charge in [0.1, 0.15) is 19.8 Å². The van der Waals surface area contributed by atoms with Crippen molar-refractivity contribution in [3.05, 3.63) is 34.6 Å². The molecule has 0 spiro atoms. The molecule has 0 radical (unpaired) electrons. The average molecular weight is 426 g/mol. The number of halogens is 5. The number of rotatable bonds is 13. The van der Waals surface area contributed by atoms with Crippen LogP contribution in [0, 0.1) is 29.1 Å². The zero-order valence-electron chi connectivity index (χ0n) is 16.0. The fourth-order valence-corrected chi connectivity index (χ4v) is 2.30. The number of esters is 2. The maximum atomic E-state index is 13.4. The number of carbonyl (C=O) groups is 2. The highest BCUT2D eigenvalue weighted by atomic mass is 19.2. The van der Waals surface area contributed by atoms with Gasteiger partial charge < -0.3 is 14.2 Å². The topological polar surface area (TPSA) is 61.8 Å². The summed E-state index contributed by atoms with van der Waals surface area (Å²) < 4.78 is 79.9. The minimum atomic E-state index is -2.31. The molecule has 29 heavy (non-hydrogen) atoms. The maximum absolute atomic E-state index is 13.4. The number of unbranched alkanes of at least 4 members (excludes halogenated alkanes) is 5. The molecule has 0 aliphatic rings. The van der Waals surface area contributed by atoms with E-state index in [1.54, 1.807) is 0 Å². The van der Waals surface area contributed by atoms with Gasteiger partial charge in [-0.05, 0) is 6.42 Å². The second-order valence-corrected chi connectivity index (χ2v) is 6.19. The first-order valence-corrected chi connectivity index (χ1v) is 9.18. The van der Waals surface area contributed by atoms with E-state index in [0.717, 1.165) is 32.1 Å². The Morgan fingerprint density at radius 3 is 1.76 bits per heavy atom. The maximum Gasteiger partial charge on any atom is 0.332 e. The van der Waals surface area contributed by atoms with Gasteiger partial charge in [-0.25, -0.2) is 31.5 Å². The van der Waals surface area contributed by atoms with Gasteiger partial charge in [0.05, 0.1) is 12.2 Å². The van der Waals surface area contributed by atoms with E-state index in [4.69, 9.17) is 9.47 Å². The highest BCUT2D eigenvalue weighted by molar-refractivity contribution is 5.73. The largest absolute Gasteiger partial charge is 0.464 e. The summed E-state index contributed by atoms with van der Waals surface area (Å²) >= 11 is 0. The van der Waals surface area contributed by atoms with Gasteiger partial charge in [0.15, 0.2) is 23.3 Å². The van der Waals surface area contributed by atoms with Gasteiger partial charge in [0.2, 0.25) is 5.82 Å². The van der Waals surface area contributed by atoms with E-state index < -0.39 is 66.4 Å². The fourth-order valence-electron chi connectivity index (χ4n) is 2.30. The fraction of sp³-hybridized carbons (Fsp3) is 0.579. The standard InChI is InChI=1S/C19H23F5O5/c1-2-3-4-5-6-7-8-28-13(25)10-27-11-14(26)29-9-12-15(20)17(22)19(24)18(23)16(12)21/h2-11H2,1H3. The third-order valence-corrected chi connectivity index (χ3v) is 3.88. The molecule has 0 amide bonds. The zero-order chi connectivity index (χ0) is 21.8. The van der Waals surface area contributed by atoms with Crippen LogP contribution in [0.5, 0.6) is 0 Å². The summed E-state index contributed by atoms with van der Waals surface area (Å²) in [6.07, 6.45) is 6.11. The molecule has 0 heterocycles. The van der Waals surface area contributed by atoms with Crippen LogP contribution < -0.4 is 0 Å². The van der Waals surface area contributed by atoms with Crippen molar-refractivity contribution < 1.29 is 45.8 Å². The molecule has 0 bridgehead atoms. The lowest BCUT2D eigenvalue weighted by molar-refractivity contribution is -0.156. The summed E-state index contributed by atoms with van der Waals surface area (Å²) in [5.41, 5.74) is -1.28. The van der Waals surface area contributed by atoms with Crippen LogP contribution in [0.2, 0.25) is 0 Å². The number of hydrogen-bond acceptors (Lipinski definition) is 5. The van der Waals surface area contributed by atoms with Gasteiger partial charge in [-0.3, -0.25) is 0 Å². The molecule has 10 heteroatoms. The Morgan fingerprint density at radius 1 is 0.690 bits per heavy atom. The van der Waals surface area contributed by atoms with Gasteiger partial charge in [-0.1, -0.05) is 39.0 Å². The molecule has 1 rings (SSSR count). The molecule has 0 saturated heterocycles. The molecule has 1 aromatic rings. The van der Waals surface area contributed by atoms with Gasteiger partial charge >= 0.3 is 11.9 Å². The van der Waals surface area contributed by atoms with Crippen LogP contribution in [-0.2, 0) is 30.4 Å². The molecular weight excluding hydrogens is 403 g/mol. The van der Waals surface area contributed by atoms with Crippen molar-refractivity contribution in [2.24, 2.45) is 0 Å². The Hall–Kier alpha value is -2.23. The Kier molecular flexibility index (Phi) is 11.2. The van der Waals surface area contributed by atoms with Crippen LogP contribution in [0.1, 0.15) is 51.0 Å². The Morgan fingerprint density at radius 2 is 1.17 bits per heavy atom. The molecule has 0 fully saturated rings. The van der Waals surface area contributed by atoms with Gasteiger partial charge in [0, 0.05) is 0 Å². The lowest BCUT2D eigenvalue weighted by Crippen LogP contribution is -2.19. The summed E-state index contributed by atoms with van der Waals surface area (Å²) in [4.78, 5) is 22.9. The first kappa shape index (κ1) is 24.8. The van der Waals surface area contributed by atoms with Crippen LogP contribution in [0.15, 0.2) is 0 Å². The highest BCUT2D eigenvalue weighted by Gasteiger charge is 2.26. The second kappa shape index (κ2) is 13.1. The van der Waals surface area contributed by atoms with Crippen molar-refractivity contribution in [1.82, 2.24) is 0 Å². The second-order valence-electron chi connectivity index (χ2n) is 6.19. The van der Waals surface area contributed by atoms with Crippen molar-refractivity contribution >= 4 is 11.9 Å². The smallest absolute Gasteiger partial charge is 0.332 e. The molecule has 5 nitrogen and oxygen atoms in total. The predicted octanol–water partition coefficient (Wildman–Crippen LogP) is 4.35. The van der Waals surface area contributed by atoms with Gasteiger partial charge in [-0.2, -0.15) is 0 Å². The lowest BCUT2D eigenvalue weighted by atomic mass is 10.1. The monoisotopic (exact) mass is 426 g/mol. The van der Waals surface area contributed by atoms with Crippen molar-refractivity contribution in [2.45, 2.75) is 52.1 Å². The van der Waals surface area contributed by atoms with Crippen LogP contribution in [0.25, 0.3) is 0 Å². The molecule has 0 aliphatic heterocycles. The SMILES string of the molecule is CCCCCCCCOC(=O)COCC(=O)OCc1c(F)c(F)c(F)c(F)c1F. The van der Waals surface area contributed by atoms with E-state index in [9.17, 15) is 31.5 Å². The van der Waals surface area contributed by atoms with E-state index in [2.05, 4.69) is 11.7 Å². The number of hydrogen-bond donors (Lipinski definition) is 0. The highest BCUT2D eigenvalue weighted by Crippen LogP contribution is 2.23. The van der Waals surface area contributed by atoms with E-state index in [1.807, 2.05) is 0 Å². The van der Waals surface area contributed by atoms with Gasteiger partial charge in [-0.15, -0.1) is 0 Å². The first-order chi connectivity index (χ1) is 13.8. The third kappa shape index (κ3) is 8.35. The summed E-state index contributed by atoms with van der Waals surface area (Å²) in [6.45, 7) is -0.166. The van der Waals surface area contributed by atoms with Crippen LogP contribution >= 0.6 is 0 Å². The molecule has 164 valence electrons. The molecule has 0 atom stereocenters. The Bertz CT molecular complexity index is 667. The van der Waals surface area contributed by atoms with Crippen molar-refractivity contribution in [1.29, 1.82) is 0 Å². The van der Waals surface area contributed by atoms with Crippen LogP contribution in [0.3, 0.4) is 0 Å². The minimum Gasteiger partial charge on any atom is -0.464 e. The summed E-state index contributed by atoms with van der Waals surface area (Å²) in [5, 5.41) is 0. The summed E-state index contributed by atoms with van der Waals surface area (Å²) in [6, 6.07) is 0. The molecule has 1 aromatic carbocycles. The average Bonchev–Trinajstić information content (AvgIpc) is 2.70. The molecule has 0 saturated carbocycles. The number of ether oxygens (including phenoxy) is 3. The first-order valence-electron chi connectivity index (χ1n) is 9.18. The molecule has 0 N–H and O–H groups in total. The van der Waals surface area contributed by atoms with E-state index >= 15 is 0 Å². The van der Waals surface area contributed by atoms with E-state index in [0.29, 0.717) is 6.42 Å². The van der Waals surface area contributed by atoms with E-state index in [1.165, 1.54) is 0 Å².